The molecule has 0 aliphatic carbocycles. The molecule has 1 amide bonds. The first kappa shape index (κ1) is 15.4. The summed E-state index contributed by atoms with van der Waals surface area (Å²) in [5.74, 6) is 0.317. The van der Waals surface area contributed by atoms with E-state index in [9.17, 15) is 13.2 Å². The van der Waals surface area contributed by atoms with Crippen molar-refractivity contribution in [1.29, 1.82) is 0 Å². The first-order valence-corrected chi connectivity index (χ1v) is 8.02. The van der Waals surface area contributed by atoms with Gasteiger partial charge in [0.2, 0.25) is 5.91 Å². The molecule has 1 atom stereocenters. The number of hydrogen-bond acceptors (Lipinski definition) is 5. The molecule has 0 aromatic rings. The van der Waals surface area contributed by atoms with Crippen LogP contribution in [0.2, 0.25) is 0 Å². The van der Waals surface area contributed by atoms with Crippen molar-refractivity contribution in [2.24, 2.45) is 5.92 Å². The molecule has 0 radical (unpaired) electrons. The van der Waals surface area contributed by atoms with Gasteiger partial charge in [-0.3, -0.25) is 4.79 Å². The van der Waals surface area contributed by atoms with Crippen LogP contribution < -0.4 is 10.6 Å². The van der Waals surface area contributed by atoms with Gasteiger partial charge >= 0.3 is 0 Å². The van der Waals surface area contributed by atoms with Gasteiger partial charge in [0.25, 0.3) is 0 Å². The van der Waals surface area contributed by atoms with E-state index >= 15 is 0 Å². The van der Waals surface area contributed by atoms with E-state index in [1.165, 1.54) is 0 Å². The van der Waals surface area contributed by atoms with Crippen LogP contribution in [0.3, 0.4) is 0 Å². The molecule has 1 fully saturated rings. The summed E-state index contributed by atoms with van der Waals surface area (Å²) < 4.78 is 27.3. The van der Waals surface area contributed by atoms with E-state index < -0.39 is 9.84 Å². The lowest BCUT2D eigenvalue weighted by molar-refractivity contribution is -0.121. The van der Waals surface area contributed by atoms with E-state index in [1.807, 2.05) is 0 Å². The highest BCUT2D eigenvalue weighted by Gasteiger charge is 2.29. The fourth-order valence-electron chi connectivity index (χ4n) is 1.96. The molecule has 1 unspecified atom stereocenters. The summed E-state index contributed by atoms with van der Waals surface area (Å²) >= 11 is 0. The van der Waals surface area contributed by atoms with Crippen molar-refractivity contribution < 1.29 is 17.9 Å². The number of hydrogen-bond donors (Lipinski definition) is 2. The Balaban J connectivity index is 2.04. The van der Waals surface area contributed by atoms with Crippen LogP contribution in [-0.2, 0) is 19.4 Å². The maximum Gasteiger partial charge on any atom is 0.220 e. The molecule has 106 valence electrons. The summed E-state index contributed by atoms with van der Waals surface area (Å²) in [5, 5.41) is 5.89. The Bertz CT molecular complexity index is 356. The average Bonchev–Trinajstić information content (AvgIpc) is 2.63. The van der Waals surface area contributed by atoms with Crippen molar-refractivity contribution >= 4 is 15.7 Å². The predicted molar refractivity (Wildman–Crippen MR) is 69.1 cm³/mol. The highest BCUT2D eigenvalue weighted by atomic mass is 32.2. The SMILES string of the molecule is COCCNCCNC(=O)CC1CCS(=O)(=O)C1. The molecule has 1 rings (SSSR count). The number of carbonyl (C=O) groups is 1. The second-order valence-electron chi connectivity index (χ2n) is 4.57. The number of sulfone groups is 1. The number of carbonyl (C=O) groups excluding carboxylic acids is 1. The molecule has 1 saturated heterocycles. The summed E-state index contributed by atoms with van der Waals surface area (Å²) in [7, 11) is -1.24. The zero-order chi connectivity index (χ0) is 13.4. The van der Waals surface area contributed by atoms with Gasteiger partial charge in [-0.2, -0.15) is 0 Å². The number of ether oxygens (including phenoxy) is 1. The van der Waals surface area contributed by atoms with Crippen LogP contribution in [0, 0.1) is 5.92 Å². The van der Waals surface area contributed by atoms with Crippen LogP contribution in [0.5, 0.6) is 0 Å². The highest BCUT2D eigenvalue weighted by Crippen LogP contribution is 2.21. The molecule has 0 aromatic heterocycles. The second kappa shape index (κ2) is 7.70. The van der Waals surface area contributed by atoms with Gasteiger partial charge in [0.15, 0.2) is 9.84 Å². The molecule has 6 nitrogen and oxygen atoms in total. The Kier molecular flexibility index (Phi) is 6.59. The third-order valence-electron chi connectivity index (χ3n) is 2.91. The number of nitrogens with one attached hydrogen (secondary N) is 2. The van der Waals surface area contributed by atoms with Crippen LogP contribution in [0.1, 0.15) is 12.8 Å². The lowest BCUT2D eigenvalue weighted by Gasteiger charge is -2.09. The van der Waals surface area contributed by atoms with Crippen molar-refractivity contribution in [2.45, 2.75) is 12.8 Å². The number of amides is 1. The number of rotatable bonds is 8. The molecule has 18 heavy (non-hydrogen) atoms. The maximum absolute atomic E-state index is 11.5. The fourth-order valence-corrected chi connectivity index (χ4v) is 3.82. The average molecular weight is 278 g/mol. The van der Waals surface area contributed by atoms with Gasteiger partial charge in [-0.05, 0) is 12.3 Å². The van der Waals surface area contributed by atoms with Gasteiger partial charge < -0.3 is 15.4 Å². The van der Waals surface area contributed by atoms with Crippen molar-refractivity contribution in [3.8, 4) is 0 Å². The zero-order valence-electron chi connectivity index (χ0n) is 10.8. The van der Waals surface area contributed by atoms with Crippen molar-refractivity contribution in [3.63, 3.8) is 0 Å². The van der Waals surface area contributed by atoms with Crippen molar-refractivity contribution in [3.05, 3.63) is 0 Å². The summed E-state index contributed by atoms with van der Waals surface area (Å²) in [6.45, 7) is 2.65. The quantitative estimate of drug-likeness (QED) is 0.566. The number of methoxy groups -OCH3 is 1. The first-order valence-electron chi connectivity index (χ1n) is 6.20. The van der Waals surface area contributed by atoms with Gasteiger partial charge in [0.1, 0.15) is 0 Å². The molecular weight excluding hydrogens is 256 g/mol. The van der Waals surface area contributed by atoms with Gasteiger partial charge in [0, 0.05) is 33.2 Å². The van der Waals surface area contributed by atoms with Crippen LogP contribution in [0.25, 0.3) is 0 Å². The molecule has 0 saturated carbocycles. The molecular formula is C11H22N2O4S. The van der Waals surface area contributed by atoms with Crippen molar-refractivity contribution in [1.82, 2.24) is 10.6 Å². The van der Waals surface area contributed by atoms with Crippen LogP contribution in [0.4, 0.5) is 0 Å². The molecule has 0 spiro atoms. The van der Waals surface area contributed by atoms with E-state index in [1.54, 1.807) is 7.11 Å². The largest absolute Gasteiger partial charge is 0.383 e. The molecule has 0 aromatic carbocycles. The van der Waals surface area contributed by atoms with Gasteiger partial charge in [0.05, 0.1) is 18.1 Å². The first-order chi connectivity index (χ1) is 8.53. The third kappa shape index (κ3) is 6.32. The predicted octanol–water partition coefficient (Wildman–Crippen LogP) is -0.837. The molecule has 7 heteroatoms. The lowest BCUT2D eigenvalue weighted by Crippen LogP contribution is -2.34. The summed E-state index contributed by atoms with van der Waals surface area (Å²) in [4.78, 5) is 11.5. The van der Waals surface area contributed by atoms with E-state index in [-0.39, 0.29) is 23.3 Å². The van der Waals surface area contributed by atoms with Gasteiger partial charge in [-0.1, -0.05) is 0 Å². The molecule has 1 heterocycles. The Hall–Kier alpha value is -0.660. The molecule has 1 aliphatic heterocycles. The zero-order valence-corrected chi connectivity index (χ0v) is 11.6. The van der Waals surface area contributed by atoms with Gasteiger partial charge in [-0.25, -0.2) is 8.42 Å². The molecule has 1 aliphatic rings. The van der Waals surface area contributed by atoms with Crippen LogP contribution in [-0.4, -0.2) is 59.2 Å². The lowest BCUT2D eigenvalue weighted by atomic mass is 10.1. The maximum atomic E-state index is 11.5. The normalized spacial score (nSPS) is 21.9. The Morgan fingerprint density at radius 1 is 1.33 bits per heavy atom. The van der Waals surface area contributed by atoms with E-state index in [0.717, 1.165) is 6.54 Å². The Morgan fingerprint density at radius 3 is 2.72 bits per heavy atom. The van der Waals surface area contributed by atoms with Crippen LogP contribution >= 0.6 is 0 Å². The summed E-state index contributed by atoms with van der Waals surface area (Å²) in [5.41, 5.74) is 0. The summed E-state index contributed by atoms with van der Waals surface area (Å²) in [6, 6.07) is 0. The highest BCUT2D eigenvalue weighted by molar-refractivity contribution is 7.91. The second-order valence-corrected chi connectivity index (χ2v) is 6.79. The topological polar surface area (TPSA) is 84.5 Å². The minimum absolute atomic E-state index is 0.00329. The van der Waals surface area contributed by atoms with Crippen molar-refractivity contribution in [2.75, 3.05) is 44.9 Å². The monoisotopic (exact) mass is 278 g/mol. The molecule has 2 N–H and O–H groups in total. The third-order valence-corrected chi connectivity index (χ3v) is 4.74. The minimum atomic E-state index is -2.88. The van der Waals surface area contributed by atoms with Crippen LogP contribution in [0.15, 0.2) is 0 Å². The van der Waals surface area contributed by atoms with Gasteiger partial charge in [-0.15, -0.1) is 0 Å². The standard InChI is InChI=1S/C11H22N2O4S/c1-17-6-5-12-3-4-13-11(14)8-10-2-7-18(15,16)9-10/h10,12H,2-9H2,1H3,(H,13,14). The van der Waals surface area contributed by atoms with E-state index in [4.69, 9.17) is 4.74 Å². The Labute approximate surface area is 108 Å². The van der Waals surface area contributed by atoms with E-state index in [0.29, 0.717) is 32.5 Å². The minimum Gasteiger partial charge on any atom is -0.383 e. The smallest absolute Gasteiger partial charge is 0.220 e. The Morgan fingerprint density at radius 2 is 2.11 bits per heavy atom. The molecule has 0 bridgehead atoms. The fraction of sp³-hybridized carbons (Fsp3) is 0.909. The summed E-state index contributed by atoms with van der Waals surface area (Å²) in [6.07, 6.45) is 0.930. The van der Waals surface area contributed by atoms with E-state index in [2.05, 4.69) is 10.6 Å².